The van der Waals surface area contributed by atoms with Gasteiger partial charge in [0.2, 0.25) is 11.8 Å². The van der Waals surface area contributed by atoms with Crippen LogP contribution in [0.4, 0.5) is 22.2 Å². The highest BCUT2D eigenvalue weighted by Gasteiger charge is 2.18. The van der Waals surface area contributed by atoms with Crippen molar-refractivity contribution < 1.29 is 14.4 Å². The Labute approximate surface area is 145 Å². The second-order valence-corrected chi connectivity index (χ2v) is 5.47. The number of pyridine rings is 1. The van der Waals surface area contributed by atoms with E-state index < -0.39 is 6.09 Å². The average Bonchev–Trinajstić information content (AvgIpc) is 2.67. The van der Waals surface area contributed by atoms with Crippen molar-refractivity contribution in [1.29, 1.82) is 0 Å². The normalized spacial score (nSPS) is 13.9. The highest BCUT2D eigenvalue weighted by molar-refractivity contribution is 5.68. The van der Waals surface area contributed by atoms with Crippen LogP contribution in [0.1, 0.15) is 19.3 Å². The molecule has 1 fully saturated rings. The van der Waals surface area contributed by atoms with Crippen molar-refractivity contribution in [3.63, 3.8) is 0 Å². The van der Waals surface area contributed by atoms with Gasteiger partial charge >= 0.3 is 6.09 Å². The van der Waals surface area contributed by atoms with Crippen LogP contribution in [0, 0.1) is 0 Å². The highest BCUT2D eigenvalue weighted by atomic mass is 16.7. The number of hydrogen-bond acceptors (Lipinski definition) is 8. The summed E-state index contributed by atoms with van der Waals surface area (Å²) in [5, 5.41) is 3.01. The summed E-state index contributed by atoms with van der Waals surface area (Å²) in [4.78, 5) is 31.2. The van der Waals surface area contributed by atoms with Crippen LogP contribution >= 0.6 is 0 Å². The van der Waals surface area contributed by atoms with Crippen LogP contribution in [0.15, 0.2) is 30.6 Å². The standard InChI is InChI=1S/C16H20N6O3/c1-24-14-12(6-5-8-17-14)19-15-18-9-7-13(20-15)21-25-16(23)22-10-3-2-4-11-22/h5-9H,2-4,10-11H2,1H3,(H2,18,19,20,21). The van der Waals surface area contributed by atoms with Gasteiger partial charge in [-0.3, -0.25) is 0 Å². The molecule has 0 atom stereocenters. The molecule has 1 aliphatic heterocycles. The lowest BCUT2D eigenvalue weighted by atomic mass is 10.1. The Kier molecular flexibility index (Phi) is 5.45. The van der Waals surface area contributed by atoms with Gasteiger partial charge in [-0.05, 0) is 31.4 Å². The van der Waals surface area contributed by atoms with E-state index in [9.17, 15) is 4.79 Å². The highest BCUT2D eigenvalue weighted by Crippen LogP contribution is 2.23. The molecule has 0 saturated carbocycles. The van der Waals surface area contributed by atoms with Crippen molar-refractivity contribution in [3.8, 4) is 5.88 Å². The lowest BCUT2D eigenvalue weighted by molar-refractivity contribution is 0.114. The van der Waals surface area contributed by atoms with Gasteiger partial charge in [0.25, 0.3) is 0 Å². The third kappa shape index (κ3) is 4.46. The zero-order chi connectivity index (χ0) is 17.5. The van der Waals surface area contributed by atoms with Gasteiger partial charge in [-0.2, -0.15) is 10.5 Å². The maximum absolute atomic E-state index is 12.0. The summed E-state index contributed by atoms with van der Waals surface area (Å²) in [5.41, 5.74) is 3.20. The van der Waals surface area contributed by atoms with E-state index in [-0.39, 0.29) is 0 Å². The zero-order valence-electron chi connectivity index (χ0n) is 13.9. The van der Waals surface area contributed by atoms with E-state index in [1.54, 1.807) is 35.5 Å². The second-order valence-electron chi connectivity index (χ2n) is 5.47. The SMILES string of the molecule is COc1ncccc1Nc1nccc(NOC(=O)N2CCCCC2)n1. The summed E-state index contributed by atoms with van der Waals surface area (Å²) in [6.07, 6.45) is 5.93. The van der Waals surface area contributed by atoms with E-state index in [1.807, 2.05) is 0 Å². The van der Waals surface area contributed by atoms with Crippen molar-refractivity contribution in [2.45, 2.75) is 19.3 Å². The minimum absolute atomic E-state index is 0.324. The fourth-order valence-electron chi connectivity index (χ4n) is 2.48. The van der Waals surface area contributed by atoms with Gasteiger partial charge in [-0.15, -0.1) is 0 Å². The van der Waals surface area contributed by atoms with Gasteiger partial charge in [-0.1, -0.05) is 0 Å². The van der Waals surface area contributed by atoms with Crippen LogP contribution < -0.4 is 15.5 Å². The monoisotopic (exact) mass is 344 g/mol. The number of anilines is 3. The molecule has 2 aromatic rings. The molecule has 1 saturated heterocycles. The number of nitrogens with zero attached hydrogens (tertiary/aromatic N) is 4. The number of likely N-dealkylation sites (tertiary alicyclic amines) is 1. The Morgan fingerprint density at radius 3 is 2.80 bits per heavy atom. The van der Waals surface area contributed by atoms with Gasteiger partial charge in [0.15, 0.2) is 5.82 Å². The smallest absolute Gasteiger partial charge is 0.434 e. The zero-order valence-corrected chi connectivity index (χ0v) is 13.9. The lowest BCUT2D eigenvalue weighted by Gasteiger charge is -2.25. The van der Waals surface area contributed by atoms with Crippen LogP contribution in [0.2, 0.25) is 0 Å². The topological polar surface area (TPSA) is 102 Å². The van der Waals surface area contributed by atoms with Crippen LogP contribution in [-0.2, 0) is 4.84 Å². The van der Waals surface area contributed by atoms with E-state index in [2.05, 4.69) is 25.7 Å². The molecule has 1 amide bonds. The van der Waals surface area contributed by atoms with E-state index in [1.165, 1.54) is 7.11 Å². The average molecular weight is 344 g/mol. The molecule has 2 N–H and O–H groups in total. The summed E-state index contributed by atoms with van der Waals surface area (Å²) in [7, 11) is 1.53. The number of rotatable bonds is 5. The quantitative estimate of drug-likeness (QED) is 0.798. The molecule has 0 aliphatic carbocycles. The molecule has 3 heterocycles. The van der Waals surface area contributed by atoms with E-state index in [4.69, 9.17) is 9.57 Å². The number of carbonyl (C=O) groups excluding carboxylic acids is 1. The number of methoxy groups -OCH3 is 1. The first-order chi connectivity index (χ1) is 12.3. The summed E-state index contributed by atoms with van der Waals surface area (Å²) in [6.45, 7) is 1.44. The first-order valence-electron chi connectivity index (χ1n) is 8.07. The van der Waals surface area contributed by atoms with Crippen molar-refractivity contribution >= 4 is 23.5 Å². The molecule has 2 aromatic heterocycles. The molecule has 9 heteroatoms. The molecule has 25 heavy (non-hydrogen) atoms. The van der Waals surface area contributed by atoms with Gasteiger partial charge < -0.3 is 19.8 Å². The lowest BCUT2D eigenvalue weighted by Crippen LogP contribution is -2.37. The molecule has 1 aliphatic rings. The summed E-state index contributed by atoms with van der Waals surface area (Å²) in [6, 6.07) is 5.17. The van der Waals surface area contributed by atoms with E-state index in [0.717, 1.165) is 32.4 Å². The number of piperidine rings is 1. The Morgan fingerprint density at radius 2 is 2.00 bits per heavy atom. The van der Waals surface area contributed by atoms with Crippen molar-refractivity contribution in [3.05, 3.63) is 30.6 Å². The minimum Gasteiger partial charge on any atom is -0.480 e. The van der Waals surface area contributed by atoms with Crippen molar-refractivity contribution in [1.82, 2.24) is 19.9 Å². The number of amides is 1. The van der Waals surface area contributed by atoms with Gasteiger partial charge in [0.1, 0.15) is 5.69 Å². The number of carbonyl (C=O) groups is 1. The second kappa shape index (κ2) is 8.13. The minimum atomic E-state index is -0.401. The number of ether oxygens (including phenoxy) is 1. The molecular weight excluding hydrogens is 324 g/mol. The van der Waals surface area contributed by atoms with E-state index in [0.29, 0.717) is 23.3 Å². The summed E-state index contributed by atoms with van der Waals surface area (Å²) in [5.74, 6) is 1.12. The number of aromatic nitrogens is 3. The predicted molar refractivity (Wildman–Crippen MR) is 91.6 cm³/mol. The summed E-state index contributed by atoms with van der Waals surface area (Å²) < 4.78 is 5.17. The van der Waals surface area contributed by atoms with Crippen LogP contribution in [0.3, 0.4) is 0 Å². The first-order valence-corrected chi connectivity index (χ1v) is 8.07. The van der Waals surface area contributed by atoms with Crippen LogP contribution in [0.25, 0.3) is 0 Å². The van der Waals surface area contributed by atoms with Crippen LogP contribution in [-0.4, -0.2) is 46.1 Å². The maximum atomic E-state index is 12.0. The van der Waals surface area contributed by atoms with Crippen molar-refractivity contribution in [2.75, 3.05) is 31.0 Å². The van der Waals surface area contributed by atoms with Gasteiger partial charge in [-0.25, -0.2) is 14.8 Å². The Hall–Kier alpha value is -3.10. The van der Waals surface area contributed by atoms with Crippen molar-refractivity contribution in [2.24, 2.45) is 0 Å². The molecule has 9 nitrogen and oxygen atoms in total. The molecule has 0 spiro atoms. The van der Waals surface area contributed by atoms with Gasteiger partial charge in [0.05, 0.1) is 7.11 Å². The Morgan fingerprint density at radius 1 is 1.16 bits per heavy atom. The molecular formula is C16H20N6O3. The first kappa shape index (κ1) is 16.7. The number of nitrogens with one attached hydrogen (secondary N) is 2. The molecule has 0 bridgehead atoms. The third-order valence-corrected chi connectivity index (χ3v) is 3.72. The maximum Gasteiger partial charge on any atom is 0.434 e. The Bertz CT molecular complexity index is 721. The Balaban J connectivity index is 1.60. The summed E-state index contributed by atoms with van der Waals surface area (Å²) >= 11 is 0. The molecule has 0 radical (unpaired) electrons. The molecule has 132 valence electrons. The van der Waals surface area contributed by atoms with Gasteiger partial charge in [0, 0.05) is 31.5 Å². The van der Waals surface area contributed by atoms with E-state index >= 15 is 0 Å². The molecule has 0 aromatic carbocycles. The fraction of sp³-hybridized carbons (Fsp3) is 0.375. The third-order valence-electron chi connectivity index (χ3n) is 3.72. The fourth-order valence-corrected chi connectivity index (χ4v) is 2.48. The molecule has 3 rings (SSSR count). The predicted octanol–water partition coefficient (Wildman–Crippen LogP) is 2.57. The largest absolute Gasteiger partial charge is 0.480 e. The molecule has 0 unspecified atom stereocenters. The number of hydrogen-bond donors (Lipinski definition) is 2. The van der Waals surface area contributed by atoms with Crippen LogP contribution in [0.5, 0.6) is 5.88 Å².